The second-order valence-corrected chi connectivity index (χ2v) is 6.92. The predicted molar refractivity (Wildman–Crippen MR) is 109 cm³/mol. The predicted octanol–water partition coefficient (Wildman–Crippen LogP) is 2.46. The summed E-state index contributed by atoms with van der Waals surface area (Å²) in [4.78, 5) is 19.5. The number of hydrogen-bond acceptors (Lipinski definition) is 8. The van der Waals surface area contributed by atoms with Gasteiger partial charge in [0.15, 0.2) is 5.82 Å². The topological polar surface area (TPSA) is 98.8 Å². The fourth-order valence-electron chi connectivity index (χ4n) is 3.43. The summed E-state index contributed by atoms with van der Waals surface area (Å²) < 4.78 is 36.0. The molecule has 31 heavy (non-hydrogen) atoms. The third-order valence-corrected chi connectivity index (χ3v) is 4.95. The van der Waals surface area contributed by atoms with Crippen LogP contribution < -0.4 is 10.2 Å². The molecular formula is C19H19F2N9O. The van der Waals surface area contributed by atoms with E-state index < -0.39 is 12.2 Å². The first-order chi connectivity index (χ1) is 15.1. The second-order valence-electron chi connectivity index (χ2n) is 6.92. The van der Waals surface area contributed by atoms with E-state index in [1.165, 1.54) is 4.57 Å². The van der Waals surface area contributed by atoms with E-state index in [0.717, 1.165) is 0 Å². The maximum Gasteiger partial charge on any atom is 0.296 e. The van der Waals surface area contributed by atoms with Crippen LogP contribution in [-0.2, 0) is 11.8 Å². The van der Waals surface area contributed by atoms with Gasteiger partial charge >= 0.3 is 0 Å². The number of aryl methyl sites for hydroxylation is 1. The summed E-state index contributed by atoms with van der Waals surface area (Å²) in [5.41, 5.74) is 0.927. The summed E-state index contributed by atoms with van der Waals surface area (Å²) in [6.45, 7) is 2.23. The van der Waals surface area contributed by atoms with Gasteiger partial charge < -0.3 is 15.0 Å². The van der Waals surface area contributed by atoms with Crippen molar-refractivity contribution in [3.05, 3.63) is 42.4 Å². The lowest BCUT2D eigenvalue weighted by Gasteiger charge is -2.27. The number of benzene rings is 1. The van der Waals surface area contributed by atoms with Crippen molar-refractivity contribution >= 4 is 28.7 Å². The van der Waals surface area contributed by atoms with E-state index in [1.54, 1.807) is 48.3 Å². The molecule has 1 N–H and O–H groups in total. The number of morpholine rings is 1. The van der Waals surface area contributed by atoms with Crippen LogP contribution in [0.15, 0.2) is 36.5 Å². The molecule has 160 valence electrons. The highest BCUT2D eigenvalue weighted by Gasteiger charge is 2.24. The number of nitrogens with one attached hydrogen (secondary N) is 1. The van der Waals surface area contributed by atoms with Crippen LogP contribution in [0, 0.1) is 0 Å². The molecule has 0 amide bonds. The molecule has 0 bridgehead atoms. The normalized spacial score (nSPS) is 14.5. The molecule has 1 saturated heterocycles. The lowest BCUT2D eigenvalue weighted by molar-refractivity contribution is 0.122. The van der Waals surface area contributed by atoms with Gasteiger partial charge in [0.2, 0.25) is 17.8 Å². The first-order valence-electron chi connectivity index (χ1n) is 9.70. The fraction of sp³-hybridized carbons (Fsp3) is 0.316. The van der Waals surface area contributed by atoms with Crippen LogP contribution >= 0.6 is 0 Å². The van der Waals surface area contributed by atoms with E-state index in [0.29, 0.717) is 49.1 Å². The van der Waals surface area contributed by atoms with E-state index in [4.69, 9.17) is 4.74 Å². The third-order valence-electron chi connectivity index (χ3n) is 4.95. The van der Waals surface area contributed by atoms with Crippen molar-refractivity contribution in [2.24, 2.45) is 7.05 Å². The average molecular weight is 427 g/mol. The van der Waals surface area contributed by atoms with Crippen molar-refractivity contribution in [2.75, 3.05) is 36.5 Å². The van der Waals surface area contributed by atoms with Crippen molar-refractivity contribution in [3.8, 4) is 5.95 Å². The van der Waals surface area contributed by atoms with Crippen molar-refractivity contribution in [1.29, 1.82) is 0 Å². The number of halogens is 2. The third kappa shape index (κ3) is 3.65. The van der Waals surface area contributed by atoms with Crippen molar-refractivity contribution in [1.82, 2.24) is 34.3 Å². The zero-order chi connectivity index (χ0) is 21.4. The molecule has 12 heteroatoms. The molecule has 0 unspecified atom stereocenters. The minimum absolute atomic E-state index is 0.0603. The molecule has 0 atom stereocenters. The Morgan fingerprint density at radius 3 is 2.52 bits per heavy atom. The van der Waals surface area contributed by atoms with Crippen LogP contribution in [0.3, 0.4) is 0 Å². The van der Waals surface area contributed by atoms with E-state index >= 15 is 0 Å². The molecule has 4 heterocycles. The second kappa shape index (κ2) is 7.87. The lowest BCUT2D eigenvalue weighted by Crippen LogP contribution is -2.37. The van der Waals surface area contributed by atoms with Gasteiger partial charge in [-0.15, -0.1) is 0 Å². The van der Waals surface area contributed by atoms with Crippen LogP contribution in [0.25, 0.3) is 17.0 Å². The quantitative estimate of drug-likeness (QED) is 0.519. The van der Waals surface area contributed by atoms with Gasteiger partial charge in [0.1, 0.15) is 5.82 Å². The number of rotatable bonds is 5. The largest absolute Gasteiger partial charge is 0.378 e. The highest BCUT2D eigenvalue weighted by molar-refractivity contribution is 5.77. The van der Waals surface area contributed by atoms with Crippen molar-refractivity contribution in [2.45, 2.75) is 6.43 Å². The SMILES string of the molecule is Cn1nccc1Nc1nc(N2CCOCC2)nc(-n2c(C(F)F)nc3ccccc32)n1. The number of alkyl halides is 2. The molecule has 10 nitrogen and oxygen atoms in total. The number of para-hydroxylation sites is 2. The minimum Gasteiger partial charge on any atom is -0.378 e. The molecule has 4 aromatic rings. The Morgan fingerprint density at radius 1 is 1.00 bits per heavy atom. The van der Waals surface area contributed by atoms with Crippen LogP contribution in [0.2, 0.25) is 0 Å². The molecule has 0 radical (unpaired) electrons. The first kappa shape index (κ1) is 19.3. The average Bonchev–Trinajstić information content (AvgIpc) is 3.38. The Morgan fingerprint density at radius 2 is 1.77 bits per heavy atom. The van der Waals surface area contributed by atoms with Gasteiger partial charge in [-0.3, -0.25) is 9.25 Å². The van der Waals surface area contributed by atoms with Gasteiger partial charge in [0.05, 0.1) is 30.4 Å². The molecule has 0 spiro atoms. The van der Waals surface area contributed by atoms with E-state index in [2.05, 4.69) is 30.4 Å². The number of hydrogen-bond donors (Lipinski definition) is 1. The number of fused-ring (bicyclic) bond motifs is 1. The minimum atomic E-state index is -2.80. The van der Waals surface area contributed by atoms with Gasteiger partial charge in [0.25, 0.3) is 6.43 Å². The summed E-state index contributed by atoms with van der Waals surface area (Å²) in [5.74, 6) is 0.871. The highest BCUT2D eigenvalue weighted by Crippen LogP contribution is 2.28. The maximum atomic E-state index is 13.9. The summed E-state index contributed by atoms with van der Waals surface area (Å²) in [6, 6.07) is 8.65. The Labute approximate surface area is 175 Å². The van der Waals surface area contributed by atoms with E-state index in [-0.39, 0.29) is 11.9 Å². The molecule has 5 rings (SSSR count). The number of nitrogens with zero attached hydrogens (tertiary/aromatic N) is 8. The molecule has 3 aromatic heterocycles. The Bertz CT molecular complexity index is 1220. The number of anilines is 3. The monoisotopic (exact) mass is 427 g/mol. The molecule has 1 aliphatic heterocycles. The number of aromatic nitrogens is 7. The Balaban J connectivity index is 1.67. The van der Waals surface area contributed by atoms with Gasteiger partial charge in [-0.2, -0.15) is 20.1 Å². The maximum absolute atomic E-state index is 13.9. The number of imidazole rings is 1. The van der Waals surface area contributed by atoms with Crippen molar-refractivity contribution in [3.63, 3.8) is 0 Å². The molecule has 0 saturated carbocycles. The van der Waals surface area contributed by atoms with Gasteiger partial charge in [0, 0.05) is 26.2 Å². The molecule has 0 aliphatic carbocycles. The summed E-state index contributed by atoms with van der Waals surface area (Å²) >= 11 is 0. The molecule has 1 aliphatic rings. The van der Waals surface area contributed by atoms with Gasteiger partial charge in [-0.05, 0) is 12.1 Å². The van der Waals surface area contributed by atoms with Gasteiger partial charge in [-0.1, -0.05) is 12.1 Å². The summed E-state index contributed by atoms with van der Waals surface area (Å²) in [7, 11) is 1.77. The molecule has 1 fully saturated rings. The molecular weight excluding hydrogens is 408 g/mol. The first-order valence-corrected chi connectivity index (χ1v) is 9.70. The smallest absolute Gasteiger partial charge is 0.296 e. The molecule has 1 aromatic carbocycles. The zero-order valence-corrected chi connectivity index (χ0v) is 16.6. The van der Waals surface area contributed by atoms with Gasteiger partial charge in [-0.25, -0.2) is 13.8 Å². The van der Waals surface area contributed by atoms with E-state index in [9.17, 15) is 8.78 Å². The summed E-state index contributed by atoms with van der Waals surface area (Å²) in [5, 5.41) is 7.21. The zero-order valence-electron chi connectivity index (χ0n) is 16.6. The number of ether oxygens (including phenoxy) is 1. The van der Waals surface area contributed by atoms with Crippen LogP contribution in [0.4, 0.5) is 26.5 Å². The standard InChI is InChI=1S/C19H19F2N9O/c1-28-14(6-7-22-28)24-17-25-18(29-8-10-31-11-9-29)27-19(26-17)30-13-5-3-2-4-12(13)23-16(30)15(20)21/h2-7,15H,8-11H2,1H3,(H,24,25,26,27). The highest BCUT2D eigenvalue weighted by atomic mass is 19.3. The van der Waals surface area contributed by atoms with Crippen LogP contribution in [0.1, 0.15) is 12.2 Å². The van der Waals surface area contributed by atoms with Crippen LogP contribution in [-0.4, -0.2) is 60.6 Å². The summed E-state index contributed by atoms with van der Waals surface area (Å²) in [6.07, 6.45) is -1.17. The Hall–Kier alpha value is -3.67. The van der Waals surface area contributed by atoms with Crippen molar-refractivity contribution < 1.29 is 13.5 Å². The lowest BCUT2D eigenvalue weighted by atomic mass is 10.3. The Kier molecular flexibility index (Phi) is 4.90. The van der Waals surface area contributed by atoms with E-state index in [1.807, 2.05) is 4.90 Å². The fourth-order valence-corrected chi connectivity index (χ4v) is 3.43. The van der Waals surface area contributed by atoms with Crippen LogP contribution in [0.5, 0.6) is 0 Å².